The Kier molecular flexibility index (Phi) is 8.11. The van der Waals surface area contributed by atoms with E-state index in [4.69, 9.17) is 33.0 Å². The first-order valence-electron chi connectivity index (χ1n) is 10.3. The molecule has 0 aromatic heterocycles. The third-order valence-corrected chi connectivity index (χ3v) is 5.85. The first-order valence-corrected chi connectivity index (χ1v) is 11.1. The van der Waals surface area contributed by atoms with Crippen LogP contribution in [0.4, 0.5) is 0 Å². The number of aryl methyl sites for hydroxylation is 1. The molecule has 3 aromatic carbocycles. The highest BCUT2D eigenvalue weighted by atomic mass is 35.5. The normalized spacial score (nSPS) is 11.5. The third kappa shape index (κ3) is 6.35. The number of Topliss-reactive ketones (excluding diaryl/α,β-unsaturated/α-hetero) is 1. The van der Waals surface area contributed by atoms with E-state index in [1.807, 2.05) is 12.1 Å². The Balaban J connectivity index is 1.61. The molecule has 0 radical (unpaired) electrons. The maximum Gasteiger partial charge on any atom is 0.310 e. The van der Waals surface area contributed by atoms with Gasteiger partial charge in [0.05, 0.1) is 11.5 Å². The number of hydrogen-bond acceptors (Lipinski definition) is 4. The van der Waals surface area contributed by atoms with Crippen LogP contribution >= 0.6 is 23.2 Å². The number of halogens is 2. The van der Waals surface area contributed by atoms with Gasteiger partial charge in [-0.15, -0.1) is 0 Å². The zero-order chi connectivity index (χ0) is 24.0. The summed E-state index contributed by atoms with van der Waals surface area (Å²) >= 11 is 12.1. The number of carbonyl (C=O) groups is 2. The molecule has 1 N–H and O–H groups in total. The van der Waals surface area contributed by atoms with Crippen LogP contribution in [-0.2, 0) is 11.2 Å². The molecule has 0 aliphatic carbocycles. The molecule has 1 atom stereocenters. The first-order chi connectivity index (χ1) is 15.8. The number of carbonyl (C=O) groups excluding carboxylic acids is 1. The van der Waals surface area contributed by atoms with Crippen LogP contribution in [0.1, 0.15) is 52.7 Å². The van der Waals surface area contributed by atoms with Crippen molar-refractivity contribution in [2.24, 2.45) is 0 Å². The highest BCUT2D eigenvalue weighted by molar-refractivity contribution is 6.35. The molecule has 0 amide bonds. The molecule has 0 fully saturated rings. The van der Waals surface area contributed by atoms with Gasteiger partial charge in [-0.1, -0.05) is 35.3 Å². The Morgan fingerprint density at radius 2 is 1.79 bits per heavy atom. The molecule has 3 rings (SSSR count). The number of nitriles is 1. The lowest BCUT2D eigenvalue weighted by atomic mass is 9.99. The van der Waals surface area contributed by atoms with E-state index in [-0.39, 0.29) is 11.3 Å². The van der Waals surface area contributed by atoms with Gasteiger partial charge >= 0.3 is 5.97 Å². The molecule has 0 saturated heterocycles. The summed E-state index contributed by atoms with van der Waals surface area (Å²) in [5.41, 5.74) is 2.28. The van der Waals surface area contributed by atoms with E-state index in [0.717, 1.165) is 5.56 Å². The highest BCUT2D eigenvalue weighted by Gasteiger charge is 2.16. The molecule has 0 spiro atoms. The second-order valence-electron chi connectivity index (χ2n) is 7.57. The van der Waals surface area contributed by atoms with Gasteiger partial charge in [0.25, 0.3) is 0 Å². The Morgan fingerprint density at radius 1 is 1.06 bits per heavy atom. The Labute approximate surface area is 202 Å². The zero-order valence-corrected chi connectivity index (χ0v) is 19.4. The SMILES string of the molecule is CC(C(=O)O)c1ccc(Oc2ccc(C(=O)CCCc3ccc(Cl)cc3Cl)cc2)c(C#N)c1. The van der Waals surface area contributed by atoms with Crippen molar-refractivity contribution in [2.75, 3.05) is 0 Å². The van der Waals surface area contributed by atoms with Crippen molar-refractivity contribution in [1.29, 1.82) is 5.26 Å². The maximum atomic E-state index is 12.5. The summed E-state index contributed by atoms with van der Waals surface area (Å²) in [5, 5.41) is 19.7. The number of hydrogen-bond donors (Lipinski definition) is 1. The fourth-order valence-electron chi connectivity index (χ4n) is 3.28. The number of carboxylic acids is 1. The molecular formula is C26H21Cl2NO4. The fourth-order valence-corrected chi connectivity index (χ4v) is 3.78. The van der Waals surface area contributed by atoms with E-state index < -0.39 is 11.9 Å². The number of nitrogens with zero attached hydrogens (tertiary/aromatic N) is 1. The average Bonchev–Trinajstić information content (AvgIpc) is 2.80. The quantitative estimate of drug-likeness (QED) is 0.330. The highest BCUT2D eigenvalue weighted by Crippen LogP contribution is 2.29. The summed E-state index contributed by atoms with van der Waals surface area (Å²) < 4.78 is 5.79. The maximum absolute atomic E-state index is 12.5. The minimum atomic E-state index is -0.968. The van der Waals surface area contributed by atoms with E-state index in [1.165, 1.54) is 6.07 Å². The minimum Gasteiger partial charge on any atom is -0.481 e. The minimum absolute atomic E-state index is 0.0105. The van der Waals surface area contributed by atoms with Crippen LogP contribution in [0.2, 0.25) is 10.0 Å². The van der Waals surface area contributed by atoms with Gasteiger partial charge in [-0.2, -0.15) is 5.26 Å². The van der Waals surface area contributed by atoms with Gasteiger partial charge in [0.15, 0.2) is 5.78 Å². The van der Waals surface area contributed by atoms with Crippen LogP contribution in [0.25, 0.3) is 0 Å². The number of rotatable bonds is 9. The standard InChI is InChI=1S/C26H21Cl2NO4/c1-16(26(31)32)19-8-12-25(20(13-19)15-29)33-22-10-6-18(7-11-22)24(30)4-2-3-17-5-9-21(27)14-23(17)28/h5-14,16H,2-4H2,1H3,(H,31,32). The van der Waals surface area contributed by atoms with Crippen molar-refractivity contribution in [3.63, 3.8) is 0 Å². The summed E-state index contributed by atoms with van der Waals surface area (Å²) in [5.74, 6) is -0.902. The third-order valence-electron chi connectivity index (χ3n) is 5.26. The largest absolute Gasteiger partial charge is 0.481 e. The van der Waals surface area contributed by atoms with E-state index >= 15 is 0 Å². The van der Waals surface area contributed by atoms with Crippen molar-refractivity contribution >= 4 is 35.0 Å². The number of aliphatic carboxylic acids is 1. The van der Waals surface area contributed by atoms with Crippen LogP contribution in [-0.4, -0.2) is 16.9 Å². The van der Waals surface area contributed by atoms with E-state index in [2.05, 4.69) is 0 Å². The van der Waals surface area contributed by atoms with Gasteiger partial charge in [0.2, 0.25) is 0 Å². The fraction of sp³-hybridized carbons (Fsp3) is 0.192. The van der Waals surface area contributed by atoms with Crippen molar-refractivity contribution < 1.29 is 19.4 Å². The van der Waals surface area contributed by atoms with Gasteiger partial charge in [0.1, 0.15) is 17.6 Å². The van der Waals surface area contributed by atoms with E-state index in [9.17, 15) is 14.9 Å². The van der Waals surface area contributed by atoms with Gasteiger partial charge in [-0.05, 0) is 79.4 Å². The van der Waals surface area contributed by atoms with E-state index in [0.29, 0.717) is 51.9 Å². The zero-order valence-electron chi connectivity index (χ0n) is 17.8. The molecule has 0 aliphatic heterocycles. The molecule has 3 aromatic rings. The van der Waals surface area contributed by atoms with Crippen LogP contribution < -0.4 is 4.74 Å². The molecule has 1 unspecified atom stereocenters. The summed E-state index contributed by atoms with van der Waals surface area (Å²) in [6.45, 7) is 1.55. The Hall–Kier alpha value is -3.33. The van der Waals surface area contributed by atoms with Gasteiger partial charge < -0.3 is 9.84 Å². The Bertz CT molecular complexity index is 1220. The van der Waals surface area contributed by atoms with E-state index in [1.54, 1.807) is 55.5 Å². The van der Waals surface area contributed by atoms with Crippen LogP contribution in [0.5, 0.6) is 11.5 Å². The monoisotopic (exact) mass is 481 g/mol. The average molecular weight is 482 g/mol. The van der Waals surface area contributed by atoms with Crippen molar-refractivity contribution in [1.82, 2.24) is 0 Å². The van der Waals surface area contributed by atoms with Crippen LogP contribution in [0.15, 0.2) is 60.7 Å². The summed E-state index contributed by atoms with van der Waals surface area (Å²) in [4.78, 5) is 23.7. The number of ether oxygens (including phenoxy) is 1. The summed E-state index contributed by atoms with van der Waals surface area (Å²) in [6, 6.07) is 18.8. The molecular weight excluding hydrogens is 461 g/mol. The number of ketones is 1. The van der Waals surface area contributed by atoms with Gasteiger partial charge in [-0.3, -0.25) is 9.59 Å². The molecule has 0 saturated carbocycles. The van der Waals surface area contributed by atoms with Crippen molar-refractivity contribution in [3.8, 4) is 17.6 Å². The topological polar surface area (TPSA) is 87.4 Å². The lowest BCUT2D eigenvalue weighted by Gasteiger charge is -2.11. The molecule has 0 aliphatic rings. The lowest BCUT2D eigenvalue weighted by Crippen LogP contribution is -2.07. The van der Waals surface area contributed by atoms with Gasteiger partial charge in [0, 0.05) is 22.0 Å². The smallest absolute Gasteiger partial charge is 0.310 e. The van der Waals surface area contributed by atoms with Crippen LogP contribution in [0, 0.1) is 11.3 Å². The lowest BCUT2D eigenvalue weighted by molar-refractivity contribution is -0.138. The molecule has 0 bridgehead atoms. The predicted molar refractivity (Wildman–Crippen MR) is 127 cm³/mol. The molecule has 5 nitrogen and oxygen atoms in total. The molecule has 168 valence electrons. The predicted octanol–water partition coefficient (Wildman–Crippen LogP) is 7.05. The number of benzene rings is 3. The molecule has 33 heavy (non-hydrogen) atoms. The van der Waals surface area contributed by atoms with Crippen molar-refractivity contribution in [2.45, 2.75) is 32.1 Å². The second-order valence-corrected chi connectivity index (χ2v) is 8.41. The second kappa shape index (κ2) is 11.0. The summed E-state index contributed by atoms with van der Waals surface area (Å²) in [6.07, 6.45) is 1.71. The molecule has 0 heterocycles. The molecule has 7 heteroatoms. The van der Waals surface area contributed by atoms with Gasteiger partial charge in [-0.25, -0.2) is 0 Å². The van der Waals surface area contributed by atoms with Crippen LogP contribution in [0.3, 0.4) is 0 Å². The summed E-state index contributed by atoms with van der Waals surface area (Å²) in [7, 11) is 0. The Morgan fingerprint density at radius 3 is 2.42 bits per heavy atom. The number of carboxylic acid groups (broad SMARTS) is 1. The van der Waals surface area contributed by atoms with Crippen molar-refractivity contribution in [3.05, 3.63) is 93.0 Å². The first kappa shape index (κ1) is 24.3.